The van der Waals surface area contributed by atoms with E-state index in [0.717, 1.165) is 17.1 Å². The Morgan fingerprint density at radius 3 is 1.66 bits per heavy atom. The molecule has 286 valence electrons. The Bertz CT molecular complexity index is 3620. The largest absolute Gasteiger partial charge is 0.310 e. The maximum atomic E-state index is 2.46. The van der Waals surface area contributed by atoms with Crippen LogP contribution < -0.4 is 4.90 Å². The summed E-state index contributed by atoms with van der Waals surface area (Å²) >= 11 is 3.75. The van der Waals surface area contributed by atoms with Crippen molar-refractivity contribution < 1.29 is 0 Å². The van der Waals surface area contributed by atoms with Crippen molar-refractivity contribution in [3.63, 3.8) is 0 Å². The average molecular weight is 812 g/mol. The molecule has 61 heavy (non-hydrogen) atoms. The van der Waals surface area contributed by atoms with Crippen molar-refractivity contribution in [3.8, 4) is 44.5 Å². The average Bonchev–Trinajstić information content (AvgIpc) is 3.91. The molecule has 0 unspecified atom stereocenters. The predicted octanol–water partition coefficient (Wildman–Crippen LogP) is 17.7. The van der Waals surface area contributed by atoms with Crippen LogP contribution in [0, 0.1) is 0 Å². The molecule has 0 saturated carbocycles. The Morgan fingerprint density at radius 1 is 0.295 bits per heavy atom. The molecular weight excluding hydrogens is 775 g/mol. The van der Waals surface area contributed by atoms with Gasteiger partial charge in [0, 0.05) is 57.3 Å². The number of rotatable bonds is 7. The van der Waals surface area contributed by atoms with Gasteiger partial charge in [0.1, 0.15) is 0 Å². The number of anilines is 3. The fourth-order valence-electron chi connectivity index (χ4n) is 9.28. The highest BCUT2D eigenvalue weighted by Gasteiger charge is 2.21. The lowest BCUT2D eigenvalue weighted by Crippen LogP contribution is -2.11. The van der Waals surface area contributed by atoms with Crippen LogP contribution in [0.15, 0.2) is 224 Å². The Balaban J connectivity index is 1.04. The van der Waals surface area contributed by atoms with Gasteiger partial charge in [0.2, 0.25) is 0 Å². The van der Waals surface area contributed by atoms with E-state index in [4.69, 9.17) is 0 Å². The van der Waals surface area contributed by atoms with Crippen LogP contribution in [0.25, 0.3) is 95.6 Å². The van der Waals surface area contributed by atoms with E-state index in [-0.39, 0.29) is 0 Å². The highest BCUT2D eigenvalue weighted by Crippen LogP contribution is 2.47. The lowest BCUT2D eigenvalue weighted by molar-refractivity contribution is 1.28. The van der Waals surface area contributed by atoms with Gasteiger partial charge in [-0.15, -0.1) is 22.7 Å². The second-order valence-corrected chi connectivity index (χ2v) is 17.8. The van der Waals surface area contributed by atoms with Gasteiger partial charge in [0.15, 0.2) is 0 Å². The number of hydrogen-bond acceptors (Lipinski definition) is 3. The van der Waals surface area contributed by atoms with E-state index in [9.17, 15) is 0 Å². The number of fused-ring (bicyclic) bond motifs is 7. The SMILES string of the molecule is c1cc(-c2cccc(N(c3cccc(-c4cccc5ccccc45)c3)c3ccccc3-c3cccc4sc5ccccc5c34)c2)cc(-c2cccc3c2sc2ccccc23)c1. The van der Waals surface area contributed by atoms with E-state index >= 15 is 0 Å². The van der Waals surface area contributed by atoms with Crippen molar-refractivity contribution in [2.75, 3.05) is 4.90 Å². The summed E-state index contributed by atoms with van der Waals surface area (Å²) in [6.45, 7) is 0. The van der Waals surface area contributed by atoms with Crippen molar-refractivity contribution >= 4 is 90.9 Å². The van der Waals surface area contributed by atoms with Crippen molar-refractivity contribution in [2.45, 2.75) is 0 Å². The molecule has 0 fully saturated rings. The molecule has 0 N–H and O–H groups in total. The maximum Gasteiger partial charge on any atom is 0.0540 e. The van der Waals surface area contributed by atoms with Crippen LogP contribution in [0.5, 0.6) is 0 Å². The Labute approximate surface area is 362 Å². The second-order valence-electron chi connectivity index (χ2n) is 15.6. The number of hydrogen-bond donors (Lipinski definition) is 0. The van der Waals surface area contributed by atoms with Gasteiger partial charge in [-0.3, -0.25) is 0 Å². The minimum atomic E-state index is 1.10. The number of para-hydroxylation sites is 1. The lowest BCUT2D eigenvalue weighted by atomic mass is 9.95. The molecule has 0 atom stereocenters. The molecular formula is C58H37NS2. The summed E-state index contributed by atoms with van der Waals surface area (Å²) in [6.07, 6.45) is 0. The van der Waals surface area contributed by atoms with Crippen molar-refractivity contribution in [1.29, 1.82) is 0 Å². The van der Waals surface area contributed by atoms with Gasteiger partial charge in [0.05, 0.1) is 5.69 Å². The summed E-state index contributed by atoms with van der Waals surface area (Å²) in [4.78, 5) is 2.46. The molecule has 10 aromatic carbocycles. The zero-order valence-corrected chi connectivity index (χ0v) is 34.8. The summed E-state index contributed by atoms with van der Waals surface area (Å²) in [5, 5.41) is 7.73. The van der Waals surface area contributed by atoms with E-state index in [1.54, 1.807) is 0 Å². The molecule has 0 aliphatic rings. The van der Waals surface area contributed by atoms with Gasteiger partial charge in [-0.2, -0.15) is 0 Å². The topological polar surface area (TPSA) is 3.24 Å². The minimum absolute atomic E-state index is 1.10. The number of benzene rings is 10. The first-order valence-electron chi connectivity index (χ1n) is 20.7. The van der Waals surface area contributed by atoms with Gasteiger partial charge in [-0.25, -0.2) is 0 Å². The lowest BCUT2D eigenvalue weighted by Gasteiger charge is -2.29. The molecule has 1 nitrogen and oxygen atoms in total. The van der Waals surface area contributed by atoms with Crippen LogP contribution in [0.1, 0.15) is 0 Å². The summed E-state index contributed by atoms with van der Waals surface area (Å²) in [5.74, 6) is 0. The number of thiophene rings is 2. The third-order valence-electron chi connectivity index (χ3n) is 12.1. The molecule has 12 aromatic rings. The van der Waals surface area contributed by atoms with E-state index in [1.165, 1.54) is 95.6 Å². The standard InChI is InChI=1S/C58H37NS2/c1-2-23-45-38(15-1)16-12-27-46(45)42-20-11-22-44(37-42)59(53-31-6-3-24-48(53)50-29-14-34-56-57(50)52-26-5-8-33-55(52)60-56)43-21-10-18-40(36-43)39-17-9-19-41(35-39)47-28-13-30-51-49-25-4-7-32-54(49)61-58(47)51/h1-37H. The van der Waals surface area contributed by atoms with Gasteiger partial charge in [-0.1, -0.05) is 170 Å². The number of nitrogens with zero attached hydrogens (tertiary/aromatic N) is 1. The smallest absolute Gasteiger partial charge is 0.0540 e. The Morgan fingerprint density at radius 2 is 0.803 bits per heavy atom. The molecule has 12 rings (SSSR count). The van der Waals surface area contributed by atoms with Crippen molar-refractivity contribution in [1.82, 2.24) is 0 Å². The summed E-state index contributed by atoms with van der Waals surface area (Å²) in [7, 11) is 0. The molecule has 3 heteroatoms. The minimum Gasteiger partial charge on any atom is -0.310 e. The molecule has 0 amide bonds. The molecule has 0 radical (unpaired) electrons. The molecule has 0 aliphatic heterocycles. The normalized spacial score (nSPS) is 11.6. The predicted molar refractivity (Wildman–Crippen MR) is 266 cm³/mol. The van der Waals surface area contributed by atoms with Crippen molar-refractivity contribution in [2.24, 2.45) is 0 Å². The first-order chi connectivity index (χ1) is 30.2. The fraction of sp³-hybridized carbons (Fsp3) is 0. The quantitative estimate of drug-likeness (QED) is 0.155. The van der Waals surface area contributed by atoms with Crippen LogP contribution in [0.2, 0.25) is 0 Å². The zero-order chi connectivity index (χ0) is 40.3. The van der Waals surface area contributed by atoms with Crippen LogP contribution in [-0.4, -0.2) is 0 Å². The zero-order valence-electron chi connectivity index (χ0n) is 33.1. The highest BCUT2D eigenvalue weighted by molar-refractivity contribution is 7.26. The van der Waals surface area contributed by atoms with E-state index in [2.05, 4.69) is 229 Å². The van der Waals surface area contributed by atoms with Crippen LogP contribution in [-0.2, 0) is 0 Å². The van der Waals surface area contributed by atoms with E-state index < -0.39 is 0 Å². The van der Waals surface area contributed by atoms with Crippen LogP contribution in [0.3, 0.4) is 0 Å². The molecule has 0 bridgehead atoms. The fourth-order valence-corrected chi connectivity index (χ4v) is 11.6. The second kappa shape index (κ2) is 14.8. The van der Waals surface area contributed by atoms with Crippen LogP contribution >= 0.6 is 22.7 Å². The summed E-state index contributed by atoms with van der Waals surface area (Å²) in [6, 6.07) is 82.5. The van der Waals surface area contributed by atoms with Gasteiger partial charge in [0.25, 0.3) is 0 Å². The van der Waals surface area contributed by atoms with E-state index in [1.807, 2.05) is 22.7 Å². The first-order valence-corrected chi connectivity index (χ1v) is 22.4. The maximum absolute atomic E-state index is 2.46. The molecule has 0 aliphatic carbocycles. The van der Waals surface area contributed by atoms with E-state index in [0.29, 0.717) is 0 Å². The first kappa shape index (κ1) is 35.6. The summed E-state index contributed by atoms with van der Waals surface area (Å²) in [5.41, 5.74) is 13.0. The van der Waals surface area contributed by atoms with Crippen LogP contribution in [0.4, 0.5) is 17.1 Å². The van der Waals surface area contributed by atoms with Gasteiger partial charge < -0.3 is 4.90 Å². The summed E-state index contributed by atoms with van der Waals surface area (Å²) < 4.78 is 5.26. The third-order valence-corrected chi connectivity index (χ3v) is 14.4. The van der Waals surface area contributed by atoms with Gasteiger partial charge >= 0.3 is 0 Å². The molecule has 0 saturated heterocycles. The van der Waals surface area contributed by atoms with Crippen molar-refractivity contribution in [3.05, 3.63) is 224 Å². The highest BCUT2D eigenvalue weighted by atomic mass is 32.1. The Kier molecular flexibility index (Phi) is 8.62. The third kappa shape index (κ3) is 6.13. The van der Waals surface area contributed by atoms with Gasteiger partial charge in [-0.05, 0) is 104 Å². The monoisotopic (exact) mass is 811 g/mol. The molecule has 0 spiro atoms. The molecule has 2 aromatic heterocycles. The molecule has 2 heterocycles. The Hall–Kier alpha value is -7.30.